The van der Waals surface area contributed by atoms with Gasteiger partial charge in [0.05, 0.1) is 11.4 Å². The molecular formula is C16H18N4O. The first kappa shape index (κ1) is 13.7. The third kappa shape index (κ3) is 2.78. The Morgan fingerprint density at radius 3 is 2.90 bits per heavy atom. The highest BCUT2D eigenvalue weighted by Gasteiger charge is 2.25. The molecule has 3 heterocycles. The summed E-state index contributed by atoms with van der Waals surface area (Å²) in [6.07, 6.45) is 3.89. The van der Waals surface area contributed by atoms with Gasteiger partial charge in [-0.05, 0) is 44.3 Å². The fourth-order valence-corrected chi connectivity index (χ4v) is 2.61. The van der Waals surface area contributed by atoms with E-state index in [1.807, 2.05) is 18.2 Å². The van der Waals surface area contributed by atoms with Crippen molar-refractivity contribution in [2.75, 3.05) is 13.6 Å². The van der Waals surface area contributed by atoms with Gasteiger partial charge in [-0.1, -0.05) is 6.07 Å². The van der Waals surface area contributed by atoms with Gasteiger partial charge in [-0.3, -0.25) is 9.78 Å². The first-order valence-electron chi connectivity index (χ1n) is 7.06. The molecule has 0 radical (unpaired) electrons. The van der Waals surface area contributed by atoms with Gasteiger partial charge < -0.3 is 10.6 Å². The van der Waals surface area contributed by atoms with Crippen molar-refractivity contribution in [1.82, 2.24) is 14.9 Å². The SMILES string of the molecule is CN1CC[C@H]1Cc1ncccc1-c1cccc(C(N)=O)n1. The molecule has 5 nitrogen and oxygen atoms in total. The Morgan fingerprint density at radius 1 is 1.38 bits per heavy atom. The van der Waals surface area contributed by atoms with Crippen molar-refractivity contribution in [2.24, 2.45) is 5.73 Å². The van der Waals surface area contributed by atoms with E-state index in [0.717, 1.165) is 29.9 Å². The van der Waals surface area contributed by atoms with Crippen LogP contribution in [0.2, 0.25) is 0 Å². The van der Waals surface area contributed by atoms with Crippen molar-refractivity contribution < 1.29 is 4.79 Å². The lowest BCUT2D eigenvalue weighted by atomic mass is 9.95. The van der Waals surface area contributed by atoms with E-state index in [9.17, 15) is 4.79 Å². The number of hydrogen-bond donors (Lipinski definition) is 1. The molecule has 2 aromatic heterocycles. The van der Waals surface area contributed by atoms with Crippen LogP contribution in [0.4, 0.5) is 0 Å². The molecule has 3 rings (SSSR count). The summed E-state index contributed by atoms with van der Waals surface area (Å²) in [6.45, 7) is 1.14. The normalized spacial score (nSPS) is 18.2. The smallest absolute Gasteiger partial charge is 0.267 e. The number of likely N-dealkylation sites (N-methyl/N-ethyl adjacent to an activating group) is 1. The zero-order chi connectivity index (χ0) is 14.8. The summed E-state index contributed by atoms with van der Waals surface area (Å²) < 4.78 is 0. The van der Waals surface area contributed by atoms with E-state index in [4.69, 9.17) is 5.73 Å². The quantitative estimate of drug-likeness (QED) is 0.922. The van der Waals surface area contributed by atoms with E-state index in [-0.39, 0.29) is 5.69 Å². The number of hydrogen-bond acceptors (Lipinski definition) is 4. The predicted molar refractivity (Wildman–Crippen MR) is 80.7 cm³/mol. The van der Waals surface area contributed by atoms with E-state index < -0.39 is 5.91 Å². The molecular weight excluding hydrogens is 264 g/mol. The molecule has 5 heteroatoms. The number of rotatable bonds is 4. The van der Waals surface area contributed by atoms with Crippen LogP contribution in [0, 0.1) is 0 Å². The Hall–Kier alpha value is -2.27. The molecule has 0 saturated carbocycles. The van der Waals surface area contributed by atoms with Crippen LogP contribution < -0.4 is 5.73 Å². The summed E-state index contributed by atoms with van der Waals surface area (Å²) >= 11 is 0. The van der Waals surface area contributed by atoms with Crippen molar-refractivity contribution in [1.29, 1.82) is 0 Å². The molecule has 2 N–H and O–H groups in total. The van der Waals surface area contributed by atoms with Crippen molar-refractivity contribution in [2.45, 2.75) is 18.9 Å². The summed E-state index contributed by atoms with van der Waals surface area (Å²) in [6, 6.07) is 9.74. The maximum absolute atomic E-state index is 11.3. The van der Waals surface area contributed by atoms with E-state index in [0.29, 0.717) is 6.04 Å². The third-order valence-electron chi connectivity index (χ3n) is 4.04. The summed E-state index contributed by atoms with van der Waals surface area (Å²) in [7, 11) is 2.13. The summed E-state index contributed by atoms with van der Waals surface area (Å²) in [4.78, 5) is 22.5. The van der Waals surface area contributed by atoms with Crippen LogP contribution in [0.15, 0.2) is 36.5 Å². The number of carbonyl (C=O) groups excluding carboxylic acids is 1. The Balaban J connectivity index is 1.94. The van der Waals surface area contributed by atoms with Gasteiger partial charge in [0.1, 0.15) is 5.69 Å². The van der Waals surface area contributed by atoms with Crippen molar-refractivity contribution in [3.05, 3.63) is 47.9 Å². The van der Waals surface area contributed by atoms with Crippen LogP contribution in [0.3, 0.4) is 0 Å². The van der Waals surface area contributed by atoms with Gasteiger partial charge in [0, 0.05) is 24.2 Å². The lowest BCUT2D eigenvalue weighted by molar-refractivity contribution is 0.0995. The molecule has 21 heavy (non-hydrogen) atoms. The number of nitrogens with zero attached hydrogens (tertiary/aromatic N) is 3. The Morgan fingerprint density at radius 2 is 2.24 bits per heavy atom. The number of primary amides is 1. The van der Waals surface area contributed by atoms with Gasteiger partial charge in [0.15, 0.2) is 0 Å². The lowest BCUT2D eigenvalue weighted by Gasteiger charge is -2.38. The molecule has 1 aliphatic rings. The third-order valence-corrected chi connectivity index (χ3v) is 4.04. The molecule has 1 amide bonds. The highest BCUT2D eigenvalue weighted by Crippen LogP contribution is 2.25. The lowest BCUT2D eigenvalue weighted by Crippen LogP contribution is -2.46. The standard InChI is InChI=1S/C16H18N4O/c1-20-9-7-11(20)10-15-12(4-3-8-18-15)13-5-2-6-14(19-13)16(17)21/h2-6,8,11H,7,9-10H2,1H3,(H2,17,21)/t11-/m0/s1. The van der Waals surface area contributed by atoms with Crippen LogP contribution in [0.5, 0.6) is 0 Å². The largest absolute Gasteiger partial charge is 0.364 e. The second-order valence-electron chi connectivity index (χ2n) is 5.40. The van der Waals surface area contributed by atoms with Crippen LogP contribution >= 0.6 is 0 Å². The topological polar surface area (TPSA) is 72.1 Å². The molecule has 0 bridgehead atoms. The molecule has 1 saturated heterocycles. The van der Waals surface area contributed by atoms with Crippen molar-refractivity contribution >= 4 is 5.91 Å². The van der Waals surface area contributed by atoms with E-state index in [1.165, 1.54) is 6.42 Å². The zero-order valence-electron chi connectivity index (χ0n) is 12.0. The van der Waals surface area contributed by atoms with E-state index >= 15 is 0 Å². The maximum atomic E-state index is 11.3. The Kier molecular flexibility index (Phi) is 3.66. The number of amides is 1. The molecule has 0 unspecified atom stereocenters. The summed E-state index contributed by atoms with van der Waals surface area (Å²) in [5.41, 5.74) is 8.32. The van der Waals surface area contributed by atoms with E-state index in [1.54, 1.807) is 18.3 Å². The van der Waals surface area contributed by atoms with Crippen LogP contribution in [-0.2, 0) is 6.42 Å². The second-order valence-corrected chi connectivity index (χ2v) is 5.40. The average Bonchev–Trinajstić information content (AvgIpc) is 2.51. The number of nitrogens with two attached hydrogens (primary N) is 1. The molecule has 0 aromatic carbocycles. The van der Waals surface area contributed by atoms with Gasteiger partial charge in [0.2, 0.25) is 0 Å². The molecule has 1 atom stereocenters. The van der Waals surface area contributed by atoms with Crippen LogP contribution in [0.25, 0.3) is 11.3 Å². The zero-order valence-corrected chi connectivity index (χ0v) is 12.0. The van der Waals surface area contributed by atoms with Gasteiger partial charge in [-0.15, -0.1) is 0 Å². The molecule has 0 aliphatic carbocycles. The summed E-state index contributed by atoms with van der Waals surface area (Å²) in [5.74, 6) is -0.513. The Bertz CT molecular complexity index is 671. The van der Waals surface area contributed by atoms with Crippen molar-refractivity contribution in [3.8, 4) is 11.3 Å². The maximum Gasteiger partial charge on any atom is 0.267 e. The highest BCUT2D eigenvalue weighted by atomic mass is 16.1. The van der Waals surface area contributed by atoms with Crippen LogP contribution in [0.1, 0.15) is 22.6 Å². The minimum absolute atomic E-state index is 0.281. The van der Waals surface area contributed by atoms with Crippen molar-refractivity contribution in [3.63, 3.8) is 0 Å². The minimum Gasteiger partial charge on any atom is -0.364 e. The Labute approximate surface area is 123 Å². The predicted octanol–water partition coefficient (Wildman–Crippen LogP) is 1.49. The van der Waals surface area contributed by atoms with E-state index in [2.05, 4.69) is 21.9 Å². The minimum atomic E-state index is -0.513. The second kappa shape index (κ2) is 5.61. The monoisotopic (exact) mass is 282 g/mol. The number of aromatic nitrogens is 2. The highest BCUT2D eigenvalue weighted by molar-refractivity contribution is 5.91. The van der Waals surface area contributed by atoms with Gasteiger partial charge in [0.25, 0.3) is 5.91 Å². The molecule has 108 valence electrons. The molecule has 1 aliphatic heterocycles. The van der Waals surface area contributed by atoms with Gasteiger partial charge in [-0.2, -0.15) is 0 Å². The molecule has 1 fully saturated rings. The number of carbonyl (C=O) groups is 1. The molecule has 0 spiro atoms. The fraction of sp³-hybridized carbons (Fsp3) is 0.312. The average molecular weight is 282 g/mol. The van der Waals surface area contributed by atoms with Gasteiger partial charge in [-0.25, -0.2) is 4.98 Å². The first-order valence-corrected chi connectivity index (χ1v) is 7.06. The summed E-state index contributed by atoms with van der Waals surface area (Å²) in [5, 5.41) is 0. The van der Waals surface area contributed by atoms with Gasteiger partial charge >= 0.3 is 0 Å². The first-order chi connectivity index (χ1) is 10.1. The number of pyridine rings is 2. The molecule has 2 aromatic rings. The van der Waals surface area contributed by atoms with Crippen LogP contribution in [-0.4, -0.2) is 40.4 Å². The number of likely N-dealkylation sites (tertiary alicyclic amines) is 1. The fourth-order valence-electron chi connectivity index (χ4n) is 2.61.